The van der Waals surface area contributed by atoms with Gasteiger partial charge in [-0.05, 0) is 36.8 Å². The molecule has 1 amide bonds. The van der Waals surface area contributed by atoms with Crippen LogP contribution in [-0.2, 0) is 6.42 Å². The van der Waals surface area contributed by atoms with Gasteiger partial charge in [0.05, 0.1) is 29.2 Å². The molecule has 0 spiro atoms. The number of carbonyl (C=O) groups is 1. The molecule has 0 saturated heterocycles. The Bertz CT molecular complexity index is 950. The minimum Gasteiger partial charge on any atom is -0.491 e. The number of nitrogens with one attached hydrogen (secondary N) is 1. The molecule has 132 valence electrons. The lowest BCUT2D eigenvalue weighted by atomic mass is 10.1. The SMILES string of the molecule is CCc1c(C(=O)NC2COc3ccccc32)cnn1-c1ccc(F)cc1. The number of hydrogen-bond acceptors (Lipinski definition) is 3. The minimum absolute atomic E-state index is 0.183. The van der Waals surface area contributed by atoms with E-state index in [2.05, 4.69) is 10.4 Å². The molecule has 26 heavy (non-hydrogen) atoms. The number of ether oxygens (including phenoxy) is 1. The van der Waals surface area contributed by atoms with Crippen molar-refractivity contribution in [3.05, 3.63) is 77.4 Å². The number of nitrogens with zero attached hydrogens (tertiary/aromatic N) is 2. The van der Waals surface area contributed by atoms with Crippen molar-refractivity contribution in [1.29, 1.82) is 0 Å². The summed E-state index contributed by atoms with van der Waals surface area (Å²) in [7, 11) is 0. The van der Waals surface area contributed by atoms with Gasteiger partial charge < -0.3 is 10.1 Å². The van der Waals surface area contributed by atoms with E-state index in [1.807, 2.05) is 31.2 Å². The van der Waals surface area contributed by atoms with Crippen molar-refractivity contribution >= 4 is 5.91 Å². The molecule has 2 heterocycles. The third kappa shape index (κ3) is 2.83. The molecule has 0 radical (unpaired) electrons. The van der Waals surface area contributed by atoms with E-state index in [0.717, 1.165) is 22.7 Å². The van der Waals surface area contributed by atoms with Gasteiger partial charge in [-0.2, -0.15) is 5.10 Å². The van der Waals surface area contributed by atoms with Crippen molar-refractivity contribution in [2.45, 2.75) is 19.4 Å². The molecular formula is C20H18FN3O2. The molecule has 5 nitrogen and oxygen atoms in total. The molecular weight excluding hydrogens is 333 g/mol. The van der Waals surface area contributed by atoms with Gasteiger partial charge >= 0.3 is 0 Å². The van der Waals surface area contributed by atoms with Crippen LogP contribution in [0.15, 0.2) is 54.7 Å². The summed E-state index contributed by atoms with van der Waals surface area (Å²) in [6.07, 6.45) is 2.18. The van der Waals surface area contributed by atoms with Gasteiger partial charge in [-0.3, -0.25) is 4.79 Å². The van der Waals surface area contributed by atoms with E-state index >= 15 is 0 Å². The van der Waals surface area contributed by atoms with Crippen molar-refractivity contribution in [3.8, 4) is 11.4 Å². The average molecular weight is 351 g/mol. The number of fused-ring (bicyclic) bond motifs is 1. The molecule has 2 aromatic carbocycles. The fourth-order valence-corrected chi connectivity index (χ4v) is 3.23. The van der Waals surface area contributed by atoms with Crippen LogP contribution in [0, 0.1) is 5.82 Å². The number of amides is 1. The fourth-order valence-electron chi connectivity index (χ4n) is 3.23. The van der Waals surface area contributed by atoms with Gasteiger partial charge in [0, 0.05) is 5.56 Å². The van der Waals surface area contributed by atoms with E-state index in [1.165, 1.54) is 12.1 Å². The maximum absolute atomic E-state index is 13.2. The molecule has 1 atom stereocenters. The summed E-state index contributed by atoms with van der Waals surface area (Å²) in [6, 6.07) is 13.5. The van der Waals surface area contributed by atoms with Crippen molar-refractivity contribution in [3.63, 3.8) is 0 Å². The quantitative estimate of drug-likeness (QED) is 0.783. The lowest BCUT2D eigenvalue weighted by Gasteiger charge is -2.12. The second kappa shape index (κ2) is 6.63. The first-order valence-electron chi connectivity index (χ1n) is 8.52. The Morgan fingerprint density at radius 2 is 2.04 bits per heavy atom. The maximum Gasteiger partial charge on any atom is 0.255 e. The van der Waals surface area contributed by atoms with E-state index in [-0.39, 0.29) is 17.8 Å². The normalized spacial score (nSPS) is 15.4. The molecule has 1 unspecified atom stereocenters. The first-order valence-corrected chi connectivity index (χ1v) is 8.52. The van der Waals surface area contributed by atoms with Crippen molar-refractivity contribution in [2.75, 3.05) is 6.61 Å². The first-order chi connectivity index (χ1) is 12.7. The van der Waals surface area contributed by atoms with Crippen molar-refractivity contribution < 1.29 is 13.9 Å². The second-order valence-electron chi connectivity index (χ2n) is 6.12. The summed E-state index contributed by atoms with van der Waals surface area (Å²) in [4.78, 5) is 12.8. The monoisotopic (exact) mass is 351 g/mol. The predicted molar refractivity (Wildman–Crippen MR) is 95.0 cm³/mol. The molecule has 1 aliphatic rings. The van der Waals surface area contributed by atoms with Crippen molar-refractivity contribution in [2.24, 2.45) is 0 Å². The highest BCUT2D eigenvalue weighted by atomic mass is 19.1. The molecule has 1 aliphatic heterocycles. The van der Waals surface area contributed by atoms with Crippen LogP contribution in [-0.4, -0.2) is 22.3 Å². The number of halogens is 1. The molecule has 0 aliphatic carbocycles. The highest BCUT2D eigenvalue weighted by Crippen LogP contribution is 2.32. The van der Waals surface area contributed by atoms with Crippen LogP contribution < -0.4 is 10.1 Å². The van der Waals surface area contributed by atoms with Crippen LogP contribution >= 0.6 is 0 Å². The molecule has 3 aromatic rings. The number of rotatable bonds is 4. The number of aromatic nitrogens is 2. The summed E-state index contributed by atoms with van der Waals surface area (Å²) in [6.45, 7) is 2.38. The van der Waals surface area contributed by atoms with Gasteiger partial charge in [0.2, 0.25) is 0 Å². The van der Waals surface area contributed by atoms with Crippen molar-refractivity contribution in [1.82, 2.24) is 15.1 Å². The third-order valence-corrected chi connectivity index (χ3v) is 4.52. The number of carbonyl (C=O) groups excluding carboxylic acids is 1. The van der Waals surface area contributed by atoms with Crippen LogP contribution in [0.2, 0.25) is 0 Å². The Balaban J connectivity index is 1.60. The largest absolute Gasteiger partial charge is 0.491 e. The minimum atomic E-state index is -0.309. The molecule has 0 bridgehead atoms. The van der Waals surface area contributed by atoms with Crippen LogP contribution in [0.3, 0.4) is 0 Å². The predicted octanol–water partition coefficient (Wildman–Crippen LogP) is 3.44. The molecule has 1 aromatic heterocycles. The van der Waals surface area contributed by atoms with E-state index in [4.69, 9.17) is 4.74 Å². The standard InChI is InChI=1S/C20H18FN3O2/c1-2-18-16(11-22-24(18)14-9-7-13(21)8-10-14)20(25)23-17-12-26-19-6-4-3-5-15(17)19/h3-11,17H,2,12H2,1H3,(H,23,25). The lowest BCUT2D eigenvalue weighted by Crippen LogP contribution is -2.30. The van der Waals surface area contributed by atoms with E-state index in [0.29, 0.717) is 18.6 Å². The Hall–Kier alpha value is -3.15. The van der Waals surface area contributed by atoms with Crippen LogP contribution in [0.5, 0.6) is 5.75 Å². The Kier molecular flexibility index (Phi) is 4.16. The molecule has 0 fully saturated rings. The highest BCUT2D eigenvalue weighted by molar-refractivity contribution is 5.95. The van der Waals surface area contributed by atoms with Gasteiger partial charge in [-0.25, -0.2) is 9.07 Å². The van der Waals surface area contributed by atoms with E-state index < -0.39 is 0 Å². The number of benzene rings is 2. The summed E-state index contributed by atoms with van der Waals surface area (Å²) >= 11 is 0. The van der Waals surface area contributed by atoms with Gasteiger partial charge in [-0.15, -0.1) is 0 Å². The Morgan fingerprint density at radius 1 is 1.27 bits per heavy atom. The summed E-state index contributed by atoms with van der Waals surface area (Å²) < 4.78 is 20.5. The summed E-state index contributed by atoms with van der Waals surface area (Å²) in [5.41, 5.74) is 2.99. The van der Waals surface area contributed by atoms with Gasteiger partial charge in [0.15, 0.2) is 0 Å². The van der Waals surface area contributed by atoms with Gasteiger partial charge in [-0.1, -0.05) is 25.1 Å². The summed E-state index contributed by atoms with van der Waals surface area (Å²) in [5, 5.41) is 7.35. The van der Waals surface area contributed by atoms with E-state index in [1.54, 1.807) is 23.0 Å². The van der Waals surface area contributed by atoms with E-state index in [9.17, 15) is 9.18 Å². The smallest absolute Gasteiger partial charge is 0.255 e. The second-order valence-corrected chi connectivity index (χ2v) is 6.12. The van der Waals surface area contributed by atoms with Crippen LogP contribution in [0.25, 0.3) is 5.69 Å². The van der Waals surface area contributed by atoms with Crippen LogP contribution in [0.1, 0.15) is 34.6 Å². The lowest BCUT2D eigenvalue weighted by molar-refractivity contribution is 0.0929. The topological polar surface area (TPSA) is 56.1 Å². The zero-order valence-corrected chi connectivity index (χ0v) is 14.3. The Labute approximate surface area is 150 Å². The maximum atomic E-state index is 13.2. The zero-order chi connectivity index (χ0) is 18.1. The van der Waals surface area contributed by atoms with Gasteiger partial charge in [0.1, 0.15) is 18.2 Å². The van der Waals surface area contributed by atoms with Gasteiger partial charge in [0.25, 0.3) is 5.91 Å². The number of hydrogen-bond donors (Lipinski definition) is 1. The molecule has 1 N–H and O–H groups in total. The fraction of sp³-hybridized carbons (Fsp3) is 0.200. The van der Waals surface area contributed by atoms with Crippen LogP contribution in [0.4, 0.5) is 4.39 Å². The number of para-hydroxylation sites is 1. The zero-order valence-electron chi connectivity index (χ0n) is 14.3. The average Bonchev–Trinajstić information content (AvgIpc) is 3.27. The molecule has 4 rings (SSSR count). The summed E-state index contributed by atoms with van der Waals surface area (Å²) in [5.74, 6) is 0.299. The highest BCUT2D eigenvalue weighted by Gasteiger charge is 2.27. The Morgan fingerprint density at radius 3 is 2.81 bits per heavy atom. The molecule has 6 heteroatoms. The first kappa shape index (κ1) is 16.3. The molecule has 0 saturated carbocycles. The third-order valence-electron chi connectivity index (χ3n) is 4.52.